The molecule has 1 N–H and O–H groups in total. The van der Waals surface area contributed by atoms with Crippen LogP contribution in [0.15, 0.2) is 12.1 Å². The second-order valence-electron chi connectivity index (χ2n) is 4.37. The van der Waals surface area contributed by atoms with Crippen LogP contribution in [0.5, 0.6) is 0 Å². The molecule has 1 atom stereocenters. The third kappa shape index (κ3) is 2.38. The van der Waals surface area contributed by atoms with Crippen LogP contribution in [0, 0.1) is 5.82 Å². The SMILES string of the molecule is CCc1cc(C2CCCNC2)cc(Cl)c1F. The Labute approximate surface area is 101 Å². The van der Waals surface area contributed by atoms with Gasteiger partial charge in [0.05, 0.1) is 5.02 Å². The van der Waals surface area contributed by atoms with Crippen molar-refractivity contribution in [3.63, 3.8) is 0 Å². The highest BCUT2D eigenvalue weighted by atomic mass is 35.5. The fourth-order valence-electron chi connectivity index (χ4n) is 2.30. The minimum absolute atomic E-state index is 0.253. The van der Waals surface area contributed by atoms with Crippen molar-refractivity contribution in [1.29, 1.82) is 0 Å². The van der Waals surface area contributed by atoms with Gasteiger partial charge in [0.1, 0.15) is 5.82 Å². The van der Waals surface area contributed by atoms with Gasteiger partial charge in [-0.05, 0) is 48.9 Å². The van der Waals surface area contributed by atoms with Crippen LogP contribution in [0.4, 0.5) is 4.39 Å². The Bertz CT molecular complexity index is 372. The molecule has 88 valence electrons. The molecule has 16 heavy (non-hydrogen) atoms. The number of benzene rings is 1. The summed E-state index contributed by atoms with van der Waals surface area (Å²) >= 11 is 5.92. The smallest absolute Gasteiger partial charge is 0.144 e. The zero-order valence-electron chi connectivity index (χ0n) is 9.52. The van der Waals surface area contributed by atoms with E-state index in [1.165, 1.54) is 12.0 Å². The molecule has 0 saturated carbocycles. The van der Waals surface area contributed by atoms with Gasteiger partial charge in [0.2, 0.25) is 0 Å². The zero-order chi connectivity index (χ0) is 11.5. The molecule has 0 aromatic heterocycles. The summed E-state index contributed by atoms with van der Waals surface area (Å²) in [6, 6.07) is 3.76. The van der Waals surface area contributed by atoms with Crippen molar-refractivity contribution < 1.29 is 4.39 Å². The van der Waals surface area contributed by atoms with Crippen LogP contribution >= 0.6 is 11.6 Å². The van der Waals surface area contributed by atoms with Crippen LogP contribution in [-0.2, 0) is 6.42 Å². The highest BCUT2D eigenvalue weighted by Gasteiger charge is 2.17. The van der Waals surface area contributed by atoms with Crippen molar-refractivity contribution in [2.45, 2.75) is 32.1 Å². The highest BCUT2D eigenvalue weighted by Crippen LogP contribution is 2.29. The van der Waals surface area contributed by atoms with Gasteiger partial charge < -0.3 is 5.32 Å². The lowest BCUT2D eigenvalue weighted by Gasteiger charge is -2.24. The standard InChI is InChI=1S/C13H17ClFN/c1-2-9-6-11(7-12(14)13(9)15)10-4-3-5-16-8-10/h6-7,10,16H,2-5,8H2,1H3. The summed E-state index contributed by atoms with van der Waals surface area (Å²) in [5.41, 5.74) is 1.91. The fourth-order valence-corrected chi connectivity index (χ4v) is 2.55. The van der Waals surface area contributed by atoms with Crippen LogP contribution in [0.2, 0.25) is 5.02 Å². The van der Waals surface area contributed by atoms with Crippen LogP contribution in [0.1, 0.15) is 36.8 Å². The predicted octanol–water partition coefficient (Wildman–Crippen LogP) is 3.51. The van der Waals surface area contributed by atoms with Gasteiger partial charge in [0, 0.05) is 6.54 Å². The quantitative estimate of drug-likeness (QED) is 0.836. The second-order valence-corrected chi connectivity index (χ2v) is 4.78. The van der Waals surface area contributed by atoms with E-state index in [1.807, 2.05) is 13.0 Å². The number of hydrogen-bond donors (Lipinski definition) is 1. The summed E-state index contributed by atoms with van der Waals surface area (Å²) in [5.74, 6) is 0.230. The van der Waals surface area contributed by atoms with Crippen molar-refractivity contribution in [1.82, 2.24) is 5.32 Å². The van der Waals surface area contributed by atoms with Gasteiger partial charge >= 0.3 is 0 Å². The molecule has 0 spiro atoms. The van der Waals surface area contributed by atoms with Crippen molar-refractivity contribution in [3.05, 3.63) is 34.1 Å². The average Bonchev–Trinajstić information content (AvgIpc) is 2.33. The summed E-state index contributed by atoms with van der Waals surface area (Å²) in [6.07, 6.45) is 3.04. The largest absolute Gasteiger partial charge is 0.316 e. The first kappa shape index (κ1) is 11.9. The Hall–Kier alpha value is -0.600. The molecule has 1 nitrogen and oxygen atoms in total. The van der Waals surface area contributed by atoms with Gasteiger partial charge in [-0.25, -0.2) is 4.39 Å². The molecule has 3 heteroatoms. The highest BCUT2D eigenvalue weighted by molar-refractivity contribution is 6.30. The molecule has 1 aliphatic rings. The fraction of sp³-hybridized carbons (Fsp3) is 0.538. The molecule has 1 saturated heterocycles. The van der Waals surface area contributed by atoms with E-state index in [4.69, 9.17) is 11.6 Å². The number of halogens is 2. The normalized spacial score (nSPS) is 21.1. The Morgan fingerprint density at radius 3 is 2.94 bits per heavy atom. The van der Waals surface area contributed by atoms with E-state index in [0.717, 1.165) is 25.1 Å². The topological polar surface area (TPSA) is 12.0 Å². The molecular formula is C13H17ClFN. The third-order valence-electron chi connectivity index (χ3n) is 3.28. The zero-order valence-corrected chi connectivity index (χ0v) is 10.3. The molecule has 1 aliphatic heterocycles. The van der Waals surface area contributed by atoms with Crippen LogP contribution < -0.4 is 5.32 Å². The number of aryl methyl sites for hydroxylation is 1. The number of piperidine rings is 1. The molecule has 2 rings (SSSR count). The second kappa shape index (κ2) is 5.15. The van der Waals surface area contributed by atoms with Gasteiger partial charge in [0.15, 0.2) is 0 Å². The molecule has 1 aromatic carbocycles. The van der Waals surface area contributed by atoms with E-state index in [-0.39, 0.29) is 10.8 Å². The number of rotatable bonds is 2. The predicted molar refractivity (Wildman–Crippen MR) is 65.6 cm³/mol. The number of hydrogen-bond acceptors (Lipinski definition) is 1. The lowest BCUT2D eigenvalue weighted by atomic mass is 9.90. The van der Waals surface area contributed by atoms with Gasteiger partial charge in [-0.2, -0.15) is 0 Å². The summed E-state index contributed by atoms with van der Waals surface area (Å²) in [6.45, 7) is 4.02. The Morgan fingerprint density at radius 1 is 1.50 bits per heavy atom. The van der Waals surface area contributed by atoms with E-state index < -0.39 is 0 Å². The molecule has 1 aromatic rings. The summed E-state index contributed by atoms with van der Waals surface area (Å²) in [4.78, 5) is 0. The first-order chi connectivity index (χ1) is 7.72. The molecule has 0 amide bonds. The molecule has 1 unspecified atom stereocenters. The van der Waals surface area contributed by atoms with Crippen molar-refractivity contribution >= 4 is 11.6 Å². The summed E-state index contributed by atoms with van der Waals surface area (Å²) < 4.78 is 13.6. The van der Waals surface area contributed by atoms with E-state index in [1.54, 1.807) is 6.07 Å². The lowest BCUT2D eigenvalue weighted by Crippen LogP contribution is -2.28. The van der Waals surface area contributed by atoms with Crippen molar-refractivity contribution in [3.8, 4) is 0 Å². The maximum Gasteiger partial charge on any atom is 0.144 e. The molecule has 0 radical (unpaired) electrons. The molecule has 1 fully saturated rings. The van der Waals surface area contributed by atoms with Gasteiger partial charge in [0.25, 0.3) is 0 Å². The van der Waals surface area contributed by atoms with Crippen LogP contribution in [0.3, 0.4) is 0 Å². The molecule has 0 bridgehead atoms. The van der Waals surface area contributed by atoms with Crippen LogP contribution in [0.25, 0.3) is 0 Å². The minimum atomic E-state index is -0.253. The Morgan fingerprint density at radius 2 is 2.31 bits per heavy atom. The Kier molecular flexibility index (Phi) is 3.82. The van der Waals surface area contributed by atoms with E-state index in [2.05, 4.69) is 5.32 Å². The van der Waals surface area contributed by atoms with Gasteiger partial charge in [-0.3, -0.25) is 0 Å². The first-order valence-corrected chi connectivity index (χ1v) is 6.28. The van der Waals surface area contributed by atoms with Crippen molar-refractivity contribution in [2.75, 3.05) is 13.1 Å². The van der Waals surface area contributed by atoms with E-state index in [9.17, 15) is 4.39 Å². The third-order valence-corrected chi connectivity index (χ3v) is 3.55. The minimum Gasteiger partial charge on any atom is -0.316 e. The maximum atomic E-state index is 13.6. The monoisotopic (exact) mass is 241 g/mol. The van der Waals surface area contributed by atoms with Gasteiger partial charge in [-0.15, -0.1) is 0 Å². The van der Waals surface area contributed by atoms with E-state index in [0.29, 0.717) is 12.3 Å². The van der Waals surface area contributed by atoms with E-state index >= 15 is 0 Å². The number of nitrogens with one attached hydrogen (secondary N) is 1. The lowest BCUT2D eigenvalue weighted by molar-refractivity contribution is 0.460. The van der Waals surface area contributed by atoms with Crippen molar-refractivity contribution in [2.24, 2.45) is 0 Å². The van der Waals surface area contributed by atoms with Gasteiger partial charge in [-0.1, -0.05) is 24.6 Å². The molecule has 1 heterocycles. The molecule has 0 aliphatic carbocycles. The maximum absolute atomic E-state index is 13.6. The summed E-state index contributed by atoms with van der Waals surface area (Å²) in [7, 11) is 0. The average molecular weight is 242 g/mol. The Balaban J connectivity index is 2.29. The first-order valence-electron chi connectivity index (χ1n) is 5.91. The van der Waals surface area contributed by atoms with Crippen LogP contribution in [-0.4, -0.2) is 13.1 Å². The summed E-state index contributed by atoms with van der Waals surface area (Å²) in [5, 5.41) is 3.63. The molecular weight excluding hydrogens is 225 g/mol.